The Balaban J connectivity index is 1.51. The van der Waals surface area contributed by atoms with E-state index in [0.717, 1.165) is 36.6 Å². The van der Waals surface area contributed by atoms with E-state index in [4.69, 9.17) is 0 Å². The number of amides is 1. The molecule has 2 atom stereocenters. The van der Waals surface area contributed by atoms with E-state index in [2.05, 4.69) is 23.9 Å². The van der Waals surface area contributed by atoms with Gasteiger partial charge in [0, 0.05) is 25.2 Å². The molecular formula is C20H24N6O2. The molecule has 28 heavy (non-hydrogen) atoms. The van der Waals surface area contributed by atoms with Gasteiger partial charge in [-0.25, -0.2) is 14.0 Å². The maximum Gasteiger partial charge on any atom is 0.352 e. The van der Waals surface area contributed by atoms with Gasteiger partial charge >= 0.3 is 5.69 Å². The van der Waals surface area contributed by atoms with Gasteiger partial charge in [-0.2, -0.15) is 0 Å². The van der Waals surface area contributed by atoms with Gasteiger partial charge in [0.2, 0.25) is 11.9 Å². The molecule has 8 nitrogen and oxygen atoms in total. The smallest absolute Gasteiger partial charge is 0.341 e. The fourth-order valence-corrected chi connectivity index (χ4v) is 4.71. The van der Waals surface area contributed by atoms with E-state index < -0.39 is 0 Å². The van der Waals surface area contributed by atoms with E-state index in [1.807, 2.05) is 34.1 Å². The first kappa shape index (κ1) is 17.2. The Kier molecular flexibility index (Phi) is 3.89. The Labute approximate surface area is 163 Å². The minimum absolute atomic E-state index is 0.0270. The molecule has 2 aromatic rings. The number of fused-ring (bicyclic) bond motifs is 6. The van der Waals surface area contributed by atoms with Gasteiger partial charge < -0.3 is 4.90 Å². The molecule has 0 saturated carbocycles. The molecule has 4 heterocycles. The molecule has 0 spiro atoms. The summed E-state index contributed by atoms with van der Waals surface area (Å²) in [6, 6.07) is 7.72. The number of hydrogen-bond acceptors (Lipinski definition) is 5. The second-order valence-electron chi connectivity index (χ2n) is 8.19. The second-order valence-corrected chi connectivity index (χ2v) is 8.19. The molecule has 0 bridgehead atoms. The molecule has 3 aliphatic rings. The molecule has 3 aliphatic heterocycles. The highest BCUT2D eigenvalue weighted by atomic mass is 16.2. The first-order valence-electron chi connectivity index (χ1n) is 9.92. The van der Waals surface area contributed by atoms with Gasteiger partial charge in [0.15, 0.2) is 0 Å². The summed E-state index contributed by atoms with van der Waals surface area (Å²) in [6.45, 7) is 7.17. The number of para-hydroxylation sites is 1. The number of nitrogens with zero attached hydrogens (tertiary/aromatic N) is 6. The van der Waals surface area contributed by atoms with Crippen LogP contribution in [-0.2, 0) is 11.3 Å². The predicted octanol–water partition coefficient (Wildman–Crippen LogP) is 1.12. The van der Waals surface area contributed by atoms with E-state index in [0.29, 0.717) is 30.9 Å². The average Bonchev–Trinajstić information content (AvgIpc) is 3.27. The van der Waals surface area contributed by atoms with Crippen LogP contribution in [0, 0.1) is 11.8 Å². The van der Waals surface area contributed by atoms with Crippen LogP contribution in [0.1, 0.15) is 25.8 Å². The number of benzene rings is 1. The van der Waals surface area contributed by atoms with Gasteiger partial charge in [-0.15, -0.1) is 5.10 Å². The highest BCUT2D eigenvalue weighted by Crippen LogP contribution is 2.29. The standard InChI is InChI=1S/C20H24N6O2/c1-13-9-14(2)11-23(10-13)17(27)12-25-20(28)26-16-6-4-3-5-15(16)18-21-7-8-24(18)19(26)22-25/h3-6,13-14H,7-12H2,1-2H3/t13-,14+. The third-order valence-corrected chi connectivity index (χ3v) is 5.80. The highest BCUT2D eigenvalue weighted by molar-refractivity contribution is 6.14. The molecule has 1 aromatic heterocycles. The minimum Gasteiger partial charge on any atom is -0.341 e. The summed E-state index contributed by atoms with van der Waals surface area (Å²) >= 11 is 0. The maximum absolute atomic E-state index is 13.1. The summed E-state index contributed by atoms with van der Waals surface area (Å²) in [5.41, 5.74) is 1.43. The molecule has 8 heteroatoms. The Morgan fingerprint density at radius 2 is 1.93 bits per heavy atom. The topological polar surface area (TPSA) is 75.7 Å². The van der Waals surface area contributed by atoms with Crippen LogP contribution < -0.4 is 10.6 Å². The molecule has 1 aromatic carbocycles. The van der Waals surface area contributed by atoms with Gasteiger partial charge in [-0.3, -0.25) is 14.7 Å². The lowest BCUT2D eigenvalue weighted by Crippen LogP contribution is -2.45. The summed E-state index contributed by atoms with van der Waals surface area (Å²) in [4.78, 5) is 34.4. The molecule has 1 fully saturated rings. The molecule has 1 saturated heterocycles. The van der Waals surface area contributed by atoms with Crippen molar-refractivity contribution in [3.05, 3.63) is 40.3 Å². The van der Waals surface area contributed by atoms with Crippen LogP contribution in [0.5, 0.6) is 0 Å². The number of carbonyl (C=O) groups excluding carboxylic acids is 1. The van der Waals surface area contributed by atoms with E-state index in [9.17, 15) is 9.59 Å². The number of aliphatic imine (C=N–C) groups is 1. The summed E-state index contributed by atoms with van der Waals surface area (Å²) in [6.07, 6.45) is 1.14. The SMILES string of the molecule is C[C@@H]1C[C@H](C)CN(C(=O)Cn2nc3n(c2=O)-c2ccccc2C2=NCCN23)C1. The minimum atomic E-state index is -0.278. The molecule has 146 valence electrons. The number of anilines is 1. The van der Waals surface area contributed by atoms with E-state index in [1.54, 1.807) is 4.57 Å². The third-order valence-electron chi connectivity index (χ3n) is 5.80. The Morgan fingerprint density at radius 3 is 2.71 bits per heavy atom. The van der Waals surface area contributed by atoms with Crippen LogP contribution in [0.25, 0.3) is 5.69 Å². The number of piperidine rings is 1. The zero-order chi connectivity index (χ0) is 19.4. The van der Waals surface area contributed by atoms with Crippen molar-refractivity contribution in [2.24, 2.45) is 16.8 Å². The van der Waals surface area contributed by atoms with Crippen molar-refractivity contribution in [3.63, 3.8) is 0 Å². The van der Waals surface area contributed by atoms with Gasteiger partial charge in [-0.1, -0.05) is 26.0 Å². The molecular weight excluding hydrogens is 356 g/mol. The summed E-state index contributed by atoms with van der Waals surface area (Å²) in [7, 11) is 0. The summed E-state index contributed by atoms with van der Waals surface area (Å²) < 4.78 is 2.91. The van der Waals surface area contributed by atoms with Gasteiger partial charge in [0.1, 0.15) is 12.4 Å². The number of aromatic nitrogens is 3. The molecule has 0 N–H and O–H groups in total. The van der Waals surface area contributed by atoms with Crippen LogP contribution in [0.15, 0.2) is 34.1 Å². The Morgan fingerprint density at radius 1 is 1.18 bits per heavy atom. The maximum atomic E-state index is 13.1. The lowest BCUT2D eigenvalue weighted by Gasteiger charge is -2.34. The van der Waals surface area contributed by atoms with Crippen molar-refractivity contribution in [2.45, 2.75) is 26.8 Å². The van der Waals surface area contributed by atoms with Crippen LogP contribution in [-0.4, -0.2) is 57.2 Å². The number of rotatable bonds is 2. The number of amidine groups is 1. The van der Waals surface area contributed by atoms with Crippen LogP contribution >= 0.6 is 0 Å². The first-order valence-corrected chi connectivity index (χ1v) is 9.92. The molecule has 0 radical (unpaired) electrons. The molecule has 0 aliphatic carbocycles. The summed E-state index contributed by atoms with van der Waals surface area (Å²) in [5, 5.41) is 4.53. The largest absolute Gasteiger partial charge is 0.352 e. The Bertz CT molecular complexity index is 1030. The van der Waals surface area contributed by atoms with Crippen LogP contribution in [0.2, 0.25) is 0 Å². The van der Waals surface area contributed by atoms with Crippen molar-refractivity contribution in [1.82, 2.24) is 19.2 Å². The van der Waals surface area contributed by atoms with Crippen molar-refractivity contribution in [1.29, 1.82) is 0 Å². The van der Waals surface area contributed by atoms with Crippen molar-refractivity contribution in [2.75, 3.05) is 31.1 Å². The average molecular weight is 380 g/mol. The lowest BCUT2D eigenvalue weighted by atomic mass is 9.92. The van der Waals surface area contributed by atoms with E-state index in [-0.39, 0.29) is 18.1 Å². The van der Waals surface area contributed by atoms with Gasteiger partial charge in [-0.05, 0) is 30.4 Å². The van der Waals surface area contributed by atoms with E-state index in [1.165, 1.54) is 4.68 Å². The van der Waals surface area contributed by atoms with Crippen molar-refractivity contribution < 1.29 is 4.79 Å². The number of hydrogen-bond donors (Lipinski definition) is 0. The lowest BCUT2D eigenvalue weighted by molar-refractivity contribution is -0.134. The monoisotopic (exact) mass is 380 g/mol. The van der Waals surface area contributed by atoms with E-state index >= 15 is 0 Å². The quantitative estimate of drug-likeness (QED) is 0.782. The Hall–Kier alpha value is -2.90. The number of carbonyl (C=O) groups is 1. The fourth-order valence-electron chi connectivity index (χ4n) is 4.71. The molecule has 0 unspecified atom stereocenters. The van der Waals surface area contributed by atoms with Gasteiger partial charge in [0.25, 0.3) is 0 Å². The summed E-state index contributed by atoms with van der Waals surface area (Å²) in [5.74, 6) is 2.32. The fraction of sp³-hybridized carbons (Fsp3) is 0.500. The number of likely N-dealkylation sites (tertiary alicyclic amines) is 1. The molecule has 5 rings (SSSR count). The second kappa shape index (κ2) is 6.32. The highest BCUT2D eigenvalue weighted by Gasteiger charge is 2.35. The van der Waals surface area contributed by atoms with Crippen LogP contribution in [0.4, 0.5) is 5.95 Å². The van der Waals surface area contributed by atoms with Crippen molar-refractivity contribution >= 4 is 17.7 Å². The zero-order valence-corrected chi connectivity index (χ0v) is 16.2. The zero-order valence-electron chi connectivity index (χ0n) is 16.2. The van der Waals surface area contributed by atoms with Crippen molar-refractivity contribution in [3.8, 4) is 5.69 Å². The predicted molar refractivity (Wildman–Crippen MR) is 106 cm³/mol. The third kappa shape index (κ3) is 2.58. The molecule has 1 amide bonds. The normalized spacial score (nSPS) is 23.1. The van der Waals surface area contributed by atoms with Crippen LogP contribution in [0.3, 0.4) is 0 Å². The first-order chi connectivity index (χ1) is 13.5. The van der Waals surface area contributed by atoms with Gasteiger partial charge in [0.05, 0.1) is 12.2 Å².